The number of nitrogens with one attached hydrogen (secondary N) is 1. The van der Waals surface area contributed by atoms with Crippen molar-refractivity contribution in [2.45, 2.75) is 26.3 Å². The van der Waals surface area contributed by atoms with Crippen molar-refractivity contribution in [3.8, 4) is 0 Å². The van der Waals surface area contributed by atoms with Crippen LogP contribution in [0.3, 0.4) is 0 Å². The summed E-state index contributed by atoms with van der Waals surface area (Å²) in [6.07, 6.45) is 1.75. The second kappa shape index (κ2) is 7.04. The van der Waals surface area contributed by atoms with Gasteiger partial charge >= 0.3 is 0 Å². The van der Waals surface area contributed by atoms with E-state index in [1.807, 2.05) is 49.4 Å². The Balaban J connectivity index is 1.83. The molecule has 6 nitrogen and oxygen atoms in total. The molecule has 0 saturated heterocycles. The Kier molecular flexibility index (Phi) is 4.65. The van der Waals surface area contributed by atoms with E-state index in [0.717, 1.165) is 16.8 Å². The molecule has 122 valence electrons. The number of hydrogen-bond donors (Lipinski definition) is 1. The lowest BCUT2D eigenvalue weighted by Crippen LogP contribution is -2.31. The summed E-state index contributed by atoms with van der Waals surface area (Å²) < 4.78 is 5.27. The SMILES string of the molecule is Cc1cccc(C(NC(=O)Cc2nnc(C)o2)c2ccccn2)c1. The third-order valence-corrected chi connectivity index (χ3v) is 3.54. The van der Waals surface area contributed by atoms with Crippen LogP contribution < -0.4 is 5.32 Å². The molecule has 1 unspecified atom stereocenters. The van der Waals surface area contributed by atoms with E-state index in [0.29, 0.717) is 11.8 Å². The summed E-state index contributed by atoms with van der Waals surface area (Å²) in [5, 5.41) is 10.6. The summed E-state index contributed by atoms with van der Waals surface area (Å²) >= 11 is 0. The molecule has 6 heteroatoms. The quantitative estimate of drug-likeness (QED) is 0.780. The number of pyridine rings is 1. The molecule has 1 atom stereocenters. The van der Waals surface area contributed by atoms with Gasteiger partial charge in [0.15, 0.2) is 0 Å². The van der Waals surface area contributed by atoms with Crippen LogP contribution in [0.15, 0.2) is 53.1 Å². The summed E-state index contributed by atoms with van der Waals surface area (Å²) in [5.74, 6) is 0.544. The second-order valence-electron chi connectivity index (χ2n) is 5.56. The highest BCUT2D eigenvalue weighted by atomic mass is 16.4. The lowest BCUT2D eigenvalue weighted by Gasteiger charge is -2.19. The highest BCUT2D eigenvalue weighted by Gasteiger charge is 2.19. The molecule has 3 aromatic rings. The van der Waals surface area contributed by atoms with Crippen molar-refractivity contribution in [1.82, 2.24) is 20.5 Å². The maximum absolute atomic E-state index is 12.4. The predicted octanol–water partition coefficient (Wildman–Crippen LogP) is 2.53. The normalized spacial score (nSPS) is 11.9. The second-order valence-corrected chi connectivity index (χ2v) is 5.56. The van der Waals surface area contributed by atoms with Crippen molar-refractivity contribution in [3.05, 3.63) is 77.3 Å². The third kappa shape index (κ3) is 3.84. The molecule has 0 fully saturated rings. The Labute approximate surface area is 140 Å². The minimum Gasteiger partial charge on any atom is -0.425 e. The molecule has 0 aliphatic heterocycles. The van der Waals surface area contributed by atoms with E-state index in [1.165, 1.54) is 0 Å². The molecule has 0 bridgehead atoms. The number of aromatic nitrogens is 3. The fourth-order valence-corrected chi connectivity index (χ4v) is 2.48. The smallest absolute Gasteiger partial charge is 0.230 e. The predicted molar refractivity (Wildman–Crippen MR) is 88.1 cm³/mol. The summed E-state index contributed by atoms with van der Waals surface area (Å²) in [4.78, 5) is 16.8. The van der Waals surface area contributed by atoms with Gasteiger partial charge in [-0.1, -0.05) is 35.9 Å². The van der Waals surface area contributed by atoms with Crippen LogP contribution in [-0.4, -0.2) is 21.1 Å². The van der Waals surface area contributed by atoms with Gasteiger partial charge in [0.2, 0.25) is 17.7 Å². The van der Waals surface area contributed by atoms with Crippen LogP contribution in [0.4, 0.5) is 0 Å². The van der Waals surface area contributed by atoms with Crippen LogP contribution >= 0.6 is 0 Å². The first-order valence-electron chi connectivity index (χ1n) is 7.67. The van der Waals surface area contributed by atoms with E-state index in [9.17, 15) is 4.79 Å². The van der Waals surface area contributed by atoms with Crippen molar-refractivity contribution in [2.24, 2.45) is 0 Å². The molecular formula is C18H18N4O2. The van der Waals surface area contributed by atoms with E-state index in [-0.39, 0.29) is 18.4 Å². The van der Waals surface area contributed by atoms with Gasteiger partial charge in [-0.25, -0.2) is 0 Å². The van der Waals surface area contributed by atoms with Crippen LogP contribution in [0, 0.1) is 13.8 Å². The molecular weight excluding hydrogens is 304 g/mol. The maximum Gasteiger partial charge on any atom is 0.230 e. The average Bonchev–Trinajstić information content (AvgIpc) is 2.98. The number of benzene rings is 1. The number of carbonyl (C=O) groups excluding carboxylic acids is 1. The number of aryl methyl sites for hydroxylation is 2. The molecule has 2 aromatic heterocycles. The number of nitrogens with zero attached hydrogens (tertiary/aromatic N) is 3. The van der Waals surface area contributed by atoms with Gasteiger partial charge < -0.3 is 9.73 Å². The molecule has 0 spiro atoms. The molecule has 24 heavy (non-hydrogen) atoms. The zero-order chi connectivity index (χ0) is 16.9. The Bertz CT molecular complexity index is 830. The van der Waals surface area contributed by atoms with Crippen LogP contribution in [0.25, 0.3) is 0 Å². The van der Waals surface area contributed by atoms with Crippen molar-refractivity contribution < 1.29 is 9.21 Å². The molecule has 1 aromatic carbocycles. The third-order valence-electron chi connectivity index (χ3n) is 3.54. The van der Waals surface area contributed by atoms with Crippen LogP contribution in [-0.2, 0) is 11.2 Å². The average molecular weight is 322 g/mol. The molecule has 0 saturated carbocycles. The lowest BCUT2D eigenvalue weighted by atomic mass is 10.0. The molecule has 0 radical (unpaired) electrons. The molecule has 0 aliphatic carbocycles. The molecule has 3 rings (SSSR count). The van der Waals surface area contributed by atoms with Gasteiger partial charge in [-0.2, -0.15) is 0 Å². The molecule has 1 amide bonds. The Morgan fingerprint density at radius 3 is 2.71 bits per heavy atom. The number of hydrogen-bond acceptors (Lipinski definition) is 5. The van der Waals surface area contributed by atoms with Gasteiger partial charge in [0, 0.05) is 13.1 Å². The maximum atomic E-state index is 12.4. The first-order valence-corrected chi connectivity index (χ1v) is 7.67. The van der Waals surface area contributed by atoms with Gasteiger partial charge in [-0.15, -0.1) is 10.2 Å². The van der Waals surface area contributed by atoms with Crippen LogP contribution in [0.5, 0.6) is 0 Å². The zero-order valence-electron chi connectivity index (χ0n) is 13.6. The van der Waals surface area contributed by atoms with Gasteiger partial charge in [-0.05, 0) is 24.6 Å². The Hall–Kier alpha value is -3.02. The summed E-state index contributed by atoms with van der Waals surface area (Å²) in [6, 6.07) is 13.3. The molecule has 1 N–H and O–H groups in total. The summed E-state index contributed by atoms with van der Waals surface area (Å²) in [5.41, 5.74) is 2.87. The van der Waals surface area contributed by atoms with Crippen molar-refractivity contribution >= 4 is 5.91 Å². The van der Waals surface area contributed by atoms with Gasteiger partial charge in [0.1, 0.15) is 6.42 Å². The fourth-order valence-electron chi connectivity index (χ4n) is 2.48. The standard InChI is InChI=1S/C18H18N4O2/c1-12-6-5-7-14(10-12)18(15-8-3-4-9-19-15)20-16(23)11-17-22-21-13(2)24-17/h3-10,18H,11H2,1-2H3,(H,20,23). The van der Waals surface area contributed by atoms with Crippen LogP contribution in [0.1, 0.15) is 34.6 Å². The van der Waals surface area contributed by atoms with Crippen molar-refractivity contribution in [1.29, 1.82) is 0 Å². The minimum absolute atomic E-state index is 0.0377. The zero-order valence-corrected chi connectivity index (χ0v) is 13.6. The monoisotopic (exact) mass is 322 g/mol. The first-order chi connectivity index (χ1) is 11.6. The lowest BCUT2D eigenvalue weighted by molar-refractivity contribution is -0.121. The highest BCUT2D eigenvalue weighted by Crippen LogP contribution is 2.21. The van der Waals surface area contributed by atoms with E-state index < -0.39 is 0 Å². The van der Waals surface area contributed by atoms with Gasteiger partial charge in [-0.3, -0.25) is 9.78 Å². The number of rotatable bonds is 5. The summed E-state index contributed by atoms with van der Waals surface area (Å²) in [6.45, 7) is 3.71. The fraction of sp³-hybridized carbons (Fsp3) is 0.222. The topological polar surface area (TPSA) is 80.9 Å². The largest absolute Gasteiger partial charge is 0.425 e. The van der Waals surface area contributed by atoms with E-state index in [1.54, 1.807) is 13.1 Å². The van der Waals surface area contributed by atoms with Gasteiger partial charge in [0.25, 0.3) is 0 Å². The minimum atomic E-state index is -0.331. The number of carbonyl (C=O) groups is 1. The molecule has 2 heterocycles. The highest BCUT2D eigenvalue weighted by molar-refractivity contribution is 5.78. The Morgan fingerprint density at radius 1 is 1.17 bits per heavy atom. The first kappa shape index (κ1) is 15.9. The summed E-state index contributed by atoms with van der Waals surface area (Å²) in [7, 11) is 0. The molecule has 0 aliphatic rings. The number of amides is 1. The van der Waals surface area contributed by atoms with Gasteiger partial charge in [0.05, 0.1) is 11.7 Å². The van der Waals surface area contributed by atoms with Crippen molar-refractivity contribution in [2.75, 3.05) is 0 Å². The van der Waals surface area contributed by atoms with Crippen LogP contribution in [0.2, 0.25) is 0 Å². The van der Waals surface area contributed by atoms with Crippen molar-refractivity contribution in [3.63, 3.8) is 0 Å². The van der Waals surface area contributed by atoms with E-state index >= 15 is 0 Å². The van der Waals surface area contributed by atoms with E-state index in [4.69, 9.17) is 4.42 Å². The van der Waals surface area contributed by atoms with E-state index in [2.05, 4.69) is 20.5 Å². The Morgan fingerprint density at radius 2 is 2.04 bits per heavy atom.